The Morgan fingerprint density at radius 3 is 2.47 bits per heavy atom. The lowest BCUT2D eigenvalue weighted by atomic mass is 10.00. The van der Waals surface area contributed by atoms with Gasteiger partial charge in [-0.2, -0.15) is 0 Å². The molecule has 2 aromatic carbocycles. The Morgan fingerprint density at radius 1 is 1.06 bits per heavy atom. The fourth-order valence-electron chi connectivity index (χ4n) is 4.40. The van der Waals surface area contributed by atoms with Crippen LogP contribution in [-0.2, 0) is 4.79 Å². The number of halogens is 1. The summed E-state index contributed by atoms with van der Waals surface area (Å²) in [5, 5.41) is 3.57. The fraction of sp³-hybridized carbons (Fsp3) is 0.308. The zero-order valence-electron chi connectivity index (χ0n) is 19.1. The van der Waals surface area contributed by atoms with Gasteiger partial charge in [0.05, 0.1) is 20.5 Å². The second kappa shape index (κ2) is 10.7. The largest absolute Gasteiger partial charge is 0.493 e. The lowest BCUT2D eigenvalue weighted by Crippen LogP contribution is -2.46. The molecule has 0 bridgehead atoms. The van der Waals surface area contributed by atoms with Crippen LogP contribution in [0.5, 0.6) is 11.5 Å². The van der Waals surface area contributed by atoms with Gasteiger partial charge in [0.2, 0.25) is 5.91 Å². The Balaban J connectivity index is 1.89. The molecule has 7 nitrogen and oxygen atoms in total. The standard InChI is InChI=1S/C26H27ClN2O5/c1-32-21-13-6-12-20(24(21)33-2)23(25(30)28-18-9-3-4-10-18)29(19-11-5-8-17(27)16-19)26(31)22-14-7-15-34-22/h5-8,11-16,18,23H,3-4,9-10H2,1-2H3,(H,28,30)/t23-/m0/s1. The Morgan fingerprint density at radius 2 is 1.82 bits per heavy atom. The molecule has 1 N–H and O–H groups in total. The highest BCUT2D eigenvalue weighted by Crippen LogP contribution is 2.40. The maximum atomic E-state index is 13.9. The van der Waals surface area contributed by atoms with Gasteiger partial charge in [0.1, 0.15) is 6.04 Å². The normalized spacial score (nSPS) is 14.4. The average Bonchev–Trinajstić information content (AvgIpc) is 3.56. The van der Waals surface area contributed by atoms with Gasteiger partial charge in [0.15, 0.2) is 17.3 Å². The summed E-state index contributed by atoms with van der Waals surface area (Å²) in [5.41, 5.74) is 0.933. The summed E-state index contributed by atoms with van der Waals surface area (Å²) < 4.78 is 16.6. The molecular weight excluding hydrogens is 456 g/mol. The number of benzene rings is 2. The number of nitrogens with one attached hydrogen (secondary N) is 1. The molecule has 1 aliphatic carbocycles. The predicted octanol–water partition coefficient (Wildman–Crippen LogP) is 5.40. The van der Waals surface area contributed by atoms with Crippen molar-refractivity contribution in [2.24, 2.45) is 0 Å². The highest BCUT2D eigenvalue weighted by Gasteiger charge is 2.38. The van der Waals surface area contributed by atoms with Crippen molar-refractivity contribution in [1.29, 1.82) is 0 Å². The number of carbonyl (C=O) groups is 2. The van der Waals surface area contributed by atoms with Crippen LogP contribution in [0.15, 0.2) is 65.3 Å². The smallest absolute Gasteiger partial charge is 0.294 e. The van der Waals surface area contributed by atoms with E-state index in [1.54, 1.807) is 54.6 Å². The minimum absolute atomic E-state index is 0.0477. The van der Waals surface area contributed by atoms with E-state index >= 15 is 0 Å². The van der Waals surface area contributed by atoms with Crippen molar-refractivity contribution in [1.82, 2.24) is 5.32 Å². The van der Waals surface area contributed by atoms with Crippen LogP contribution in [0.25, 0.3) is 0 Å². The minimum atomic E-state index is -1.07. The molecule has 0 spiro atoms. The molecule has 178 valence electrons. The van der Waals surface area contributed by atoms with E-state index in [1.165, 1.54) is 25.4 Å². The number of hydrogen-bond donors (Lipinski definition) is 1. The van der Waals surface area contributed by atoms with E-state index in [2.05, 4.69) is 5.32 Å². The number of anilines is 1. The van der Waals surface area contributed by atoms with E-state index in [0.29, 0.717) is 27.8 Å². The summed E-state index contributed by atoms with van der Waals surface area (Å²) in [7, 11) is 3.03. The van der Waals surface area contributed by atoms with Crippen molar-refractivity contribution >= 4 is 29.1 Å². The van der Waals surface area contributed by atoms with Gasteiger partial charge in [-0.3, -0.25) is 14.5 Å². The number of ether oxygens (including phenoxy) is 2. The molecule has 3 aromatic rings. The third-order valence-corrected chi connectivity index (χ3v) is 6.21. The summed E-state index contributed by atoms with van der Waals surface area (Å²) in [6.07, 6.45) is 5.33. The highest BCUT2D eigenvalue weighted by molar-refractivity contribution is 6.31. The number of nitrogens with zero attached hydrogens (tertiary/aromatic N) is 1. The summed E-state index contributed by atoms with van der Waals surface area (Å²) in [6, 6.07) is 14.3. The zero-order chi connectivity index (χ0) is 24.1. The van der Waals surface area contributed by atoms with Crippen LogP contribution >= 0.6 is 11.6 Å². The first kappa shape index (κ1) is 23.7. The van der Waals surface area contributed by atoms with Crippen molar-refractivity contribution in [3.63, 3.8) is 0 Å². The van der Waals surface area contributed by atoms with Crippen LogP contribution in [-0.4, -0.2) is 32.1 Å². The first-order chi connectivity index (χ1) is 16.5. The Kier molecular flexibility index (Phi) is 7.43. The zero-order valence-corrected chi connectivity index (χ0v) is 19.9. The van der Waals surface area contributed by atoms with Gasteiger partial charge < -0.3 is 19.2 Å². The monoisotopic (exact) mass is 482 g/mol. The van der Waals surface area contributed by atoms with Crippen LogP contribution in [0, 0.1) is 0 Å². The molecule has 1 atom stereocenters. The molecule has 1 aliphatic rings. The maximum Gasteiger partial charge on any atom is 0.294 e. The summed E-state index contributed by atoms with van der Waals surface area (Å²) in [4.78, 5) is 29.0. The van der Waals surface area contributed by atoms with Crippen molar-refractivity contribution in [2.75, 3.05) is 19.1 Å². The number of methoxy groups -OCH3 is 2. The second-order valence-corrected chi connectivity index (χ2v) is 8.54. The van der Waals surface area contributed by atoms with Gasteiger partial charge >= 0.3 is 0 Å². The lowest BCUT2D eigenvalue weighted by molar-refractivity contribution is -0.123. The number of hydrogen-bond acceptors (Lipinski definition) is 5. The average molecular weight is 483 g/mol. The van der Waals surface area contributed by atoms with E-state index < -0.39 is 11.9 Å². The van der Waals surface area contributed by atoms with Crippen LogP contribution in [0.3, 0.4) is 0 Å². The second-order valence-electron chi connectivity index (χ2n) is 8.11. The summed E-state index contributed by atoms with van der Waals surface area (Å²) >= 11 is 6.29. The van der Waals surface area contributed by atoms with Gasteiger partial charge in [-0.05, 0) is 49.2 Å². The van der Waals surface area contributed by atoms with Crippen molar-refractivity contribution in [3.8, 4) is 11.5 Å². The van der Waals surface area contributed by atoms with E-state index in [1.807, 2.05) is 0 Å². The van der Waals surface area contributed by atoms with Crippen LogP contribution < -0.4 is 19.7 Å². The predicted molar refractivity (Wildman–Crippen MR) is 130 cm³/mol. The molecule has 1 saturated carbocycles. The molecule has 34 heavy (non-hydrogen) atoms. The SMILES string of the molecule is COc1cccc([C@@H](C(=O)NC2CCCC2)N(C(=O)c2ccco2)c2cccc(Cl)c2)c1OC. The molecule has 2 amide bonds. The fourth-order valence-corrected chi connectivity index (χ4v) is 4.59. The van der Waals surface area contributed by atoms with Gasteiger partial charge in [-0.1, -0.05) is 42.6 Å². The first-order valence-corrected chi connectivity index (χ1v) is 11.5. The highest BCUT2D eigenvalue weighted by atomic mass is 35.5. The molecule has 1 heterocycles. The Hall–Kier alpha value is -3.45. The lowest BCUT2D eigenvalue weighted by Gasteiger charge is -2.32. The van der Waals surface area contributed by atoms with Gasteiger partial charge in [-0.25, -0.2) is 0 Å². The number of rotatable bonds is 8. The molecule has 0 unspecified atom stereocenters. The van der Waals surface area contributed by atoms with Crippen molar-refractivity contribution in [2.45, 2.75) is 37.8 Å². The molecule has 8 heteroatoms. The van der Waals surface area contributed by atoms with Crippen LogP contribution in [0.4, 0.5) is 5.69 Å². The van der Waals surface area contributed by atoms with Crippen molar-refractivity contribution < 1.29 is 23.5 Å². The van der Waals surface area contributed by atoms with Gasteiger partial charge in [-0.15, -0.1) is 0 Å². The molecule has 0 radical (unpaired) electrons. The number of amides is 2. The third kappa shape index (κ3) is 4.89. The van der Waals surface area contributed by atoms with Gasteiger partial charge in [0.25, 0.3) is 5.91 Å². The number of furan rings is 1. The third-order valence-electron chi connectivity index (χ3n) is 5.97. The van der Waals surface area contributed by atoms with Crippen LogP contribution in [0.2, 0.25) is 5.02 Å². The molecule has 1 fully saturated rings. The molecule has 0 aliphatic heterocycles. The number of carbonyl (C=O) groups excluding carboxylic acids is 2. The Bertz CT molecular complexity index is 1140. The minimum Gasteiger partial charge on any atom is -0.493 e. The quantitative estimate of drug-likeness (QED) is 0.465. The summed E-state index contributed by atoms with van der Waals surface area (Å²) in [5.74, 6) is 0.119. The van der Waals surface area contributed by atoms with E-state index in [-0.39, 0.29) is 17.7 Å². The molecule has 4 rings (SSSR count). The number of para-hydroxylation sites is 1. The van der Waals surface area contributed by atoms with Crippen molar-refractivity contribution in [3.05, 3.63) is 77.2 Å². The maximum absolute atomic E-state index is 13.9. The van der Waals surface area contributed by atoms with Gasteiger partial charge in [0, 0.05) is 22.3 Å². The first-order valence-electron chi connectivity index (χ1n) is 11.2. The Labute approximate surface area is 203 Å². The molecular formula is C26H27ClN2O5. The summed E-state index contributed by atoms with van der Waals surface area (Å²) in [6.45, 7) is 0. The topological polar surface area (TPSA) is 81.0 Å². The van der Waals surface area contributed by atoms with Crippen LogP contribution in [0.1, 0.15) is 47.8 Å². The van der Waals surface area contributed by atoms with E-state index in [9.17, 15) is 9.59 Å². The molecule has 0 saturated heterocycles. The van der Waals surface area contributed by atoms with E-state index in [4.69, 9.17) is 25.5 Å². The van der Waals surface area contributed by atoms with E-state index in [0.717, 1.165) is 25.7 Å². The molecule has 1 aromatic heterocycles.